The van der Waals surface area contributed by atoms with Gasteiger partial charge < -0.3 is 29.7 Å². The molecule has 3 aromatic rings. The number of methoxy groups -OCH3 is 2. The van der Waals surface area contributed by atoms with Gasteiger partial charge in [-0.1, -0.05) is 17.3 Å². The maximum atomic E-state index is 10.9. The van der Waals surface area contributed by atoms with Crippen molar-refractivity contribution < 1.29 is 23.9 Å². The van der Waals surface area contributed by atoms with Crippen LogP contribution in [0.2, 0.25) is 0 Å². The summed E-state index contributed by atoms with van der Waals surface area (Å²) in [6.07, 6.45) is 0.00474. The van der Waals surface area contributed by atoms with Crippen LogP contribution in [0, 0.1) is 13.8 Å². The van der Waals surface area contributed by atoms with Crippen LogP contribution >= 0.6 is 0 Å². The van der Waals surface area contributed by atoms with Crippen molar-refractivity contribution in [3.63, 3.8) is 0 Å². The standard InChI is InChI=1S/C22H26N4O5/c1-13-19(29-3)10-17(11-20(13)30-4)24-12-16-6-5-15(22-25-14(2)31-26-22)9-18(16)23-8-7-21(27)28/h5-6,9-11,23-24H,7-8,12H2,1-4H3,(H,27,28). The molecule has 0 fully saturated rings. The van der Waals surface area contributed by atoms with Gasteiger partial charge in [-0.05, 0) is 18.6 Å². The van der Waals surface area contributed by atoms with Crippen LogP contribution < -0.4 is 20.1 Å². The quantitative estimate of drug-likeness (QED) is 0.444. The number of nitrogens with one attached hydrogen (secondary N) is 2. The number of rotatable bonds is 10. The van der Waals surface area contributed by atoms with Crippen LogP contribution in [0.4, 0.5) is 11.4 Å². The maximum Gasteiger partial charge on any atom is 0.305 e. The first-order chi connectivity index (χ1) is 14.9. The van der Waals surface area contributed by atoms with Crippen LogP contribution in [-0.4, -0.2) is 42.0 Å². The number of carboxylic acids is 1. The van der Waals surface area contributed by atoms with Crippen molar-refractivity contribution in [2.75, 3.05) is 31.4 Å². The van der Waals surface area contributed by atoms with E-state index in [2.05, 4.69) is 20.8 Å². The molecule has 0 radical (unpaired) electrons. The number of aromatic nitrogens is 2. The van der Waals surface area contributed by atoms with Crippen molar-refractivity contribution in [3.05, 3.63) is 47.3 Å². The fraction of sp³-hybridized carbons (Fsp3) is 0.318. The van der Waals surface area contributed by atoms with Gasteiger partial charge in [0.25, 0.3) is 0 Å². The number of carboxylic acid groups (broad SMARTS) is 1. The summed E-state index contributed by atoms with van der Waals surface area (Å²) in [7, 11) is 3.24. The molecule has 0 aliphatic carbocycles. The van der Waals surface area contributed by atoms with Crippen LogP contribution in [0.25, 0.3) is 11.4 Å². The van der Waals surface area contributed by atoms with Gasteiger partial charge in [-0.15, -0.1) is 0 Å². The first-order valence-corrected chi connectivity index (χ1v) is 9.77. The van der Waals surface area contributed by atoms with Gasteiger partial charge in [0.1, 0.15) is 11.5 Å². The molecule has 0 saturated carbocycles. The van der Waals surface area contributed by atoms with Crippen molar-refractivity contribution in [1.29, 1.82) is 0 Å². The SMILES string of the molecule is COc1cc(NCc2ccc(-c3noc(C)n3)cc2NCCC(=O)O)cc(OC)c1C. The van der Waals surface area contributed by atoms with Crippen molar-refractivity contribution in [2.45, 2.75) is 26.8 Å². The second kappa shape index (κ2) is 9.84. The van der Waals surface area contributed by atoms with E-state index >= 15 is 0 Å². The number of benzene rings is 2. The molecule has 31 heavy (non-hydrogen) atoms. The Labute approximate surface area is 180 Å². The van der Waals surface area contributed by atoms with Crippen LogP contribution in [-0.2, 0) is 11.3 Å². The average molecular weight is 426 g/mol. The third-order valence-electron chi connectivity index (χ3n) is 4.79. The van der Waals surface area contributed by atoms with Gasteiger partial charge >= 0.3 is 5.97 Å². The number of nitrogens with zero attached hydrogens (tertiary/aromatic N) is 2. The largest absolute Gasteiger partial charge is 0.496 e. The van der Waals surface area contributed by atoms with E-state index in [1.165, 1.54) is 0 Å². The highest BCUT2D eigenvalue weighted by Crippen LogP contribution is 2.32. The van der Waals surface area contributed by atoms with E-state index < -0.39 is 5.97 Å². The molecule has 0 unspecified atom stereocenters. The van der Waals surface area contributed by atoms with E-state index in [4.69, 9.17) is 19.1 Å². The summed E-state index contributed by atoms with van der Waals surface area (Å²) < 4.78 is 15.9. The summed E-state index contributed by atoms with van der Waals surface area (Å²) in [5, 5.41) is 19.5. The first-order valence-electron chi connectivity index (χ1n) is 9.77. The molecule has 1 aromatic heterocycles. The zero-order valence-corrected chi connectivity index (χ0v) is 18.0. The molecule has 9 heteroatoms. The summed E-state index contributed by atoms with van der Waals surface area (Å²) in [6.45, 7) is 4.45. The summed E-state index contributed by atoms with van der Waals surface area (Å²) in [4.78, 5) is 15.2. The zero-order chi connectivity index (χ0) is 22.4. The lowest BCUT2D eigenvalue weighted by molar-refractivity contribution is -0.136. The predicted molar refractivity (Wildman–Crippen MR) is 117 cm³/mol. The minimum Gasteiger partial charge on any atom is -0.496 e. The highest BCUT2D eigenvalue weighted by Gasteiger charge is 2.12. The number of hydrogen-bond donors (Lipinski definition) is 3. The van der Waals surface area contributed by atoms with E-state index in [0.29, 0.717) is 24.8 Å². The highest BCUT2D eigenvalue weighted by molar-refractivity contribution is 5.69. The Kier molecular flexibility index (Phi) is 6.96. The Hall–Kier alpha value is -3.75. The maximum absolute atomic E-state index is 10.9. The van der Waals surface area contributed by atoms with Gasteiger partial charge in [0.15, 0.2) is 0 Å². The number of hydrogen-bond acceptors (Lipinski definition) is 8. The van der Waals surface area contributed by atoms with Crippen molar-refractivity contribution in [3.8, 4) is 22.9 Å². The lowest BCUT2D eigenvalue weighted by Gasteiger charge is -2.16. The van der Waals surface area contributed by atoms with Gasteiger partial charge in [0.05, 0.1) is 20.6 Å². The number of aliphatic carboxylic acids is 1. The average Bonchev–Trinajstić information content (AvgIpc) is 3.19. The van der Waals surface area contributed by atoms with Gasteiger partial charge in [-0.25, -0.2) is 0 Å². The molecule has 3 N–H and O–H groups in total. The van der Waals surface area contributed by atoms with Crippen LogP contribution in [0.3, 0.4) is 0 Å². The summed E-state index contributed by atoms with van der Waals surface area (Å²) in [6, 6.07) is 9.55. The zero-order valence-electron chi connectivity index (χ0n) is 18.0. The molecule has 1 heterocycles. The lowest BCUT2D eigenvalue weighted by atomic mass is 10.1. The molecule has 2 aromatic carbocycles. The molecule has 9 nitrogen and oxygen atoms in total. The van der Waals surface area contributed by atoms with Crippen molar-refractivity contribution in [1.82, 2.24) is 10.1 Å². The van der Waals surface area contributed by atoms with Crippen LogP contribution in [0.15, 0.2) is 34.9 Å². The molecule has 0 aliphatic heterocycles. The molecule has 0 aliphatic rings. The number of ether oxygens (including phenoxy) is 2. The normalized spacial score (nSPS) is 10.6. The molecule has 0 amide bonds. The Balaban J connectivity index is 1.84. The van der Waals surface area contributed by atoms with E-state index in [1.54, 1.807) is 21.1 Å². The Bertz CT molecular complexity index is 1040. The van der Waals surface area contributed by atoms with E-state index in [1.807, 2.05) is 37.3 Å². The summed E-state index contributed by atoms with van der Waals surface area (Å²) in [5.74, 6) is 1.54. The number of anilines is 2. The molecule has 0 atom stereocenters. The monoisotopic (exact) mass is 426 g/mol. The molecule has 0 bridgehead atoms. The predicted octanol–water partition coefficient (Wildman–Crippen LogP) is 3.87. The van der Waals surface area contributed by atoms with Crippen LogP contribution in [0.1, 0.15) is 23.4 Å². The van der Waals surface area contributed by atoms with Gasteiger partial charge in [-0.3, -0.25) is 4.79 Å². The Morgan fingerprint density at radius 2 is 1.81 bits per heavy atom. The summed E-state index contributed by atoms with van der Waals surface area (Å²) in [5.41, 5.74) is 4.28. The van der Waals surface area contributed by atoms with Gasteiger partial charge in [-0.2, -0.15) is 4.98 Å². The van der Waals surface area contributed by atoms with E-state index in [0.717, 1.165) is 39.6 Å². The fourth-order valence-electron chi connectivity index (χ4n) is 3.14. The molecule has 164 valence electrons. The lowest BCUT2D eigenvalue weighted by Crippen LogP contribution is -2.11. The fourth-order valence-corrected chi connectivity index (χ4v) is 3.14. The van der Waals surface area contributed by atoms with Gasteiger partial charge in [0.2, 0.25) is 11.7 Å². The van der Waals surface area contributed by atoms with Gasteiger partial charge in [0, 0.05) is 54.6 Å². The Morgan fingerprint density at radius 3 is 2.39 bits per heavy atom. The Morgan fingerprint density at radius 1 is 1.10 bits per heavy atom. The molecule has 0 spiro atoms. The minimum absolute atomic E-state index is 0.00474. The minimum atomic E-state index is -0.865. The first kappa shape index (κ1) is 21.9. The molecular formula is C22H26N4O5. The van der Waals surface area contributed by atoms with Crippen molar-refractivity contribution >= 4 is 17.3 Å². The third kappa shape index (κ3) is 5.44. The van der Waals surface area contributed by atoms with E-state index in [9.17, 15) is 4.79 Å². The molecule has 0 saturated heterocycles. The smallest absolute Gasteiger partial charge is 0.305 e. The second-order valence-corrected chi connectivity index (χ2v) is 6.94. The number of aryl methyl sites for hydroxylation is 1. The highest BCUT2D eigenvalue weighted by atomic mass is 16.5. The molecule has 3 rings (SSSR count). The van der Waals surface area contributed by atoms with E-state index in [-0.39, 0.29) is 6.42 Å². The number of carbonyl (C=O) groups is 1. The second-order valence-electron chi connectivity index (χ2n) is 6.94. The molecular weight excluding hydrogens is 400 g/mol. The van der Waals surface area contributed by atoms with Crippen molar-refractivity contribution in [2.24, 2.45) is 0 Å². The van der Waals surface area contributed by atoms with Crippen LogP contribution in [0.5, 0.6) is 11.5 Å². The third-order valence-corrected chi connectivity index (χ3v) is 4.79. The topological polar surface area (TPSA) is 119 Å². The summed E-state index contributed by atoms with van der Waals surface area (Å²) >= 11 is 0.